The number of carboxylic acid groups (broad SMARTS) is 1. The van der Waals surface area contributed by atoms with Gasteiger partial charge in [-0.2, -0.15) is 0 Å². The van der Waals surface area contributed by atoms with E-state index >= 15 is 0 Å². The Bertz CT molecular complexity index is 394. The standard InChI is InChI=1S/C9H10F2N2O2/c1-4-5(12)2-7(9(10)11)13-6(4)3-8(14)15/h2,9H,3H2,1H3,(H2,12,13)(H,14,15). The first-order valence-electron chi connectivity index (χ1n) is 4.17. The highest BCUT2D eigenvalue weighted by molar-refractivity contribution is 5.71. The summed E-state index contributed by atoms with van der Waals surface area (Å²) in [4.78, 5) is 14.0. The van der Waals surface area contributed by atoms with Gasteiger partial charge in [-0.1, -0.05) is 0 Å². The number of aromatic nitrogens is 1. The van der Waals surface area contributed by atoms with Gasteiger partial charge >= 0.3 is 5.97 Å². The number of carboxylic acids is 1. The maximum atomic E-state index is 12.3. The molecular weight excluding hydrogens is 206 g/mol. The highest BCUT2D eigenvalue weighted by Crippen LogP contribution is 2.23. The van der Waals surface area contributed by atoms with E-state index in [4.69, 9.17) is 10.8 Å². The van der Waals surface area contributed by atoms with Crippen molar-refractivity contribution >= 4 is 11.7 Å². The van der Waals surface area contributed by atoms with Crippen LogP contribution in [-0.2, 0) is 11.2 Å². The molecule has 0 amide bonds. The van der Waals surface area contributed by atoms with Gasteiger partial charge in [-0.15, -0.1) is 0 Å². The maximum Gasteiger partial charge on any atom is 0.309 e. The molecule has 0 unspecified atom stereocenters. The number of hydrogen-bond donors (Lipinski definition) is 2. The van der Waals surface area contributed by atoms with Gasteiger partial charge in [-0.05, 0) is 18.6 Å². The van der Waals surface area contributed by atoms with E-state index in [1.54, 1.807) is 6.92 Å². The van der Waals surface area contributed by atoms with Gasteiger partial charge in [-0.3, -0.25) is 9.78 Å². The summed E-state index contributed by atoms with van der Waals surface area (Å²) < 4.78 is 24.7. The summed E-state index contributed by atoms with van der Waals surface area (Å²) in [5, 5.41) is 8.54. The van der Waals surface area contributed by atoms with Crippen molar-refractivity contribution in [1.29, 1.82) is 0 Å². The molecule has 0 aliphatic rings. The summed E-state index contributed by atoms with van der Waals surface area (Å²) in [7, 11) is 0. The lowest BCUT2D eigenvalue weighted by Gasteiger charge is -2.08. The molecule has 0 aliphatic carbocycles. The third-order valence-corrected chi connectivity index (χ3v) is 1.98. The van der Waals surface area contributed by atoms with Crippen LogP contribution >= 0.6 is 0 Å². The highest BCUT2D eigenvalue weighted by Gasteiger charge is 2.15. The number of nitrogens with zero attached hydrogens (tertiary/aromatic N) is 1. The molecule has 0 bridgehead atoms. The van der Waals surface area contributed by atoms with Crippen molar-refractivity contribution in [3.63, 3.8) is 0 Å². The van der Waals surface area contributed by atoms with Gasteiger partial charge in [0, 0.05) is 5.69 Å². The number of hydrogen-bond acceptors (Lipinski definition) is 3. The van der Waals surface area contributed by atoms with E-state index in [-0.39, 0.29) is 11.4 Å². The second kappa shape index (κ2) is 4.20. The minimum Gasteiger partial charge on any atom is -0.481 e. The fourth-order valence-electron chi connectivity index (χ4n) is 1.13. The van der Waals surface area contributed by atoms with Crippen LogP contribution in [0.4, 0.5) is 14.5 Å². The molecule has 1 aromatic heterocycles. The van der Waals surface area contributed by atoms with E-state index in [0.717, 1.165) is 6.07 Å². The first kappa shape index (κ1) is 11.4. The van der Waals surface area contributed by atoms with Crippen molar-refractivity contribution in [3.05, 3.63) is 23.0 Å². The molecule has 0 radical (unpaired) electrons. The maximum absolute atomic E-state index is 12.3. The molecule has 0 atom stereocenters. The molecule has 6 heteroatoms. The summed E-state index contributed by atoms with van der Waals surface area (Å²) in [6.45, 7) is 1.55. The Morgan fingerprint density at radius 1 is 1.67 bits per heavy atom. The van der Waals surface area contributed by atoms with Crippen molar-refractivity contribution in [2.75, 3.05) is 5.73 Å². The summed E-state index contributed by atoms with van der Waals surface area (Å²) in [5.74, 6) is -1.13. The lowest BCUT2D eigenvalue weighted by atomic mass is 10.1. The average molecular weight is 216 g/mol. The Morgan fingerprint density at radius 2 is 2.27 bits per heavy atom. The molecule has 0 saturated carbocycles. The largest absolute Gasteiger partial charge is 0.481 e. The zero-order chi connectivity index (χ0) is 11.6. The van der Waals surface area contributed by atoms with E-state index in [9.17, 15) is 13.6 Å². The Labute approximate surface area is 84.7 Å². The lowest BCUT2D eigenvalue weighted by Crippen LogP contribution is -2.08. The van der Waals surface area contributed by atoms with Gasteiger partial charge < -0.3 is 10.8 Å². The smallest absolute Gasteiger partial charge is 0.309 e. The third-order valence-electron chi connectivity index (χ3n) is 1.98. The Kier molecular flexibility index (Phi) is 3.18. The number of rotatable bonds is 3. The first-order chi connectivity index (χ1) is 6.91. The summed E-state index contributed by atoms with van der Waals surface area (Å²) in [6, 6.07) is 1.06. The first-order valence-corrected chi connectivity index (χ1v) is 4.17. The van der Waals surface area contributed by atoms with Crippen LogP contribution in [-0.4, -0.2) is 16.1 Å². The molecule has 1 heterocycles. The minimum absolute atomic E-state index is 0.0813. The fraction of sp³-hybridized carbons (Fsp3) is 0.333. The van der Waals surface area contributed by atoms with Gasteiger partial charge in [0.15, 0.2) is 0 Å². The molecular formula is C9H10F2N2O2. The van der Waals surface area contributed by atoms with E-state index in [1.807, 2.05) is 0 Å². The van der Waals surface area contributed by atoms with E-state index in [0.29, 0.717) is 5.56 Å². The van der Waals surface area contributed by atoms with Crippen molar-refractivity contribution in [2.45, 2.75) is 19.8 Å². The minimum atomic E-state index is -2.75. The highest BCUT2D eigenvalue weighted by atomic mass is 19.3. The molecule has 15 heavy (non-hydrogen) atoms. The van der Waals surface area contributed by atoms with Gasteiger partial charge in [0.1, 0.15) is 5.69 Å². The Morgan fingerprint density at radius 3 is 2.73 bits per heavy atom. The SMILES string of the molecule is Cc1c(N)cc(C(F)F)nc1CC(=O)O. The van der Waals surface area contributed by atoms with E-state index in [1.165, 1.54) is 0 Å². The molecule has 4 nitrogen and oxygen atoms in total. The molecule has 0 aromatic carbocycles. The summed E-state index contributed by atoms with van der Waals surface area (Å²) in [6.07, 6.45) is -3.16. The van der Waals surface area contributed by atoms with Crippen LogP contribution in [0.1, 0.15) is 23.4 Å². The van der Waals surface area contributed by atoms with Crippen LogP contribution < -0.4 is 5.73 Å². The molecule has 1 rings (SSSR count). The van der Waals surface area contributed by atoms with Gasteiger partial charge in [0.25, 0.3) is 6.43 Å². The number of alkyl halides is 2. The second-order valence-corrected chi connectivity index (χ2v) is 3.08. The van der Waals surface area contributed by atoms with Crippen molar-refractivity contribution in [3.8, 4) is 0 Å². The van der Waals surface area contributed by atoms with Crippen molar-refractivity contribution in [1.82, 2.24) is 4.98 Å². The predicted octanol–water partition coefficient (Wildman–Crippen LogP) is 1.54. The third kappa shape index (κ3) is 2.61. The number of nitrogen functional groups attached to an aromatic ring is 1. The Balaban J connectivity index is 3.18. The van der Waals surface area contributed by atoms with Crippen LogP contribution in [0.15, 0.2) is 6.07 Å². The van der Waals surface area contributed by atoms with Gasteiger partial charge in [-0.25, -0.2) is 8.78 Å². The average Bonchev–Trinajstić information content (AvgIpc) is 2.11. The topological polar surface area (TPSA) is 76.2 Å². The Hall–Kier alpha value is -1.72. The van der Waals surface area contributed by atoms with Crippen molar-refractivity contribution in [2.24, 2.45) is 0 Å². The predicted molar refractivity (Wildman–Crippen MR) is 49.7 cm³/mol. The van der Waals surface area contributed by atoms with Crippen LogP contribution in [0, 0.1) is 6.92 Å². The molecule has 0 fully saturated rings. The zero-order valence-electron chi connectivity index (χ0n) is 8.00. The van der Waals surface area contributed by atoms with E-state index in [2.05, 4.69) is 4.98 Å². The van der Waals surface area contributed by atoms with Gasteiger partial charge in [0.2, 0.25) is 0 Å². The van der Waals surface area contributed by atoms with Crippen molar-refractivity contribution < 1.29 is 18.7 Å². The summed E-state index contributed by atoms with van der Waals surface area (Å²) in [5.41, 5.74) is 5.63. The van der Waals surface area contributed by atoms with Crippen LogP contribution in [0.25, 0.3) is 0 Å². The number of anilines is 1. The van der Waals surface area contributed by atoms with E-state index < -0.39 is 24.5 Å². The number of carbonyl (C=O) groups is 1. The lowest BCUT2D eigenvalue weighted by molar-refractivity contribution is -0.136. The molecule has 0 saturated heterocycles. The quantitative estimate of drug-likeness (QED) is 0.803. The molecule has 82 valence electrons. The molecule has 1 aromatic rings. The molecule has 0 aliphatic heterocycles. The normalized spacial score (nSPS) is 10.7. The zero-order valence-corrected chi connectivity index (χ0v) is 8.00. The second-order valence-electron chi connectivity index (χ2n) is 3.08. The number of pyridine rings is 1. The van der Waals surface area contributed by atoms with Crippen LogP contribution in [0.5, 0.6) is 0 Å². The fourth-order valence-corrected chi connectivity index (χ4v) is 1.13. The van der Waals surface area contributed by atoms with Crippen LogP contribution in [0.3, 0.4) is 0 Å². The number of aliphatic carboxylic acids is 1. The summed E-state index contributed by atoms with van der Waals surface area (Å²) >= 11 is 0. The van der Waals surface area contributed by atoms with Crippen LogP contribution in [0.2, 0.25) is 0 Å². The monoisotopic (exact) mass is 216 g/mol. The van der Waals surface area contributed by atoms with Gasteiger partial charge in [0.05, 0.1) is 12.1 Å². The molecule has 0 spiro atoms. The number of nitrogens with two attached hydrogens (primary N) is 1. The number of halogens is 2. The molecule has 3 N–H and O–H groups in total.